The largest absolute Gasteiger partial charge is 0.455 e. The van der Waals surface area contributed by atoms with Gasteiger partial charge in [-0.1, -0.05) is 12.1 Å². The minimum atomic E-state index is -3.00. The van der Waals surface area contributed by atoms with Gasteiger partial charge in [-0.05, 0) is 12.1 Å². The van der Waals surface area contributed by atoms with E-state index in [-0.39, 0.29) is 36.4 Å². The number of benzene rings is 1. The highest BCUT2D eigenvalue weighted by Gasteiger charge is 2.25. The molecule has 0 bridgehead atoms. The highest BCUT2D eigenvalue weighted by Crippen LogP contribution is 2.20. The van der Waals surface area contributed by atoms with E-state index in [0.717, 1.165) is 0 Å². The molecule has 2 aliphatic rings. The molecule has 2 fully saturated rings. The van der Waals surface area contributed by atoms with Gasteiger partial charge in [0, 0.05) is 39.3 Å². The van der Waals surface area contributed by atoms with Gasteiger partial charge in [0.05, 0.1) is 23.7 Å². The molecule has 0 radical (unpaired) electrons. The first-order valence-electron chi connectivity index (χ1n) is 9.20. The Bertz CT molecular complexity index is 810. The number of carbonyl (C=O) groups is 2. The Kier molecular flexibility index (Phi) is 6.50. The molecule has 1 aromatic rings. The average molecular weight is 413 g/mol. The SMILES string of the molecule is O=C(CN1CCS(=O)(=O)CC1)OCC(=O)N1CCN(c2ccccc2F)CC1. The molecule has 8 nitrogen and oxygen atoms in total. The van der Waals surface area contributed by atoms with Crippen LogP contribution in [0.1, 0.15) is 0 Å². The predicted octanol–water partition coefficient (Wildman–Crippen LogP) is -0.252. The summed E-state index contributed by atoms with van der Waals surface area (Å²) in [5.41, 5.74) is 0.518. The smallest absolute Gasteiger partial charge is 0.320 e. The number of ether oxygens (including phenoxy) is 1. The number of para-hydroxylation sites is 1. The van der Waals surface area contributed by atoms with E-state index < -0.39 is 15.8 Å². The average Bonchev–Trinajstić information content (AvgIpc) is 2.68. The number of anilines is 1. The van der Waals surface area contributed by atoms with Crippen LogP contribution in [-0.2, 0) is 24.2 Å². The van der Waals surface area contributed by atoms with Gasteiger partial charge in [0.25, 0.3) is 5.91 Å². The number of carbonyl (C=O) groups excluding carboxylic acids is 2. The first-order valence-corrected chi connectivity index (χ1v) is 11.0. The van der Waals surface area contributed by atoms with Crippen LogP contribution in [0.3, 0.4) is 0 Å². The molecule has 0 spiro atoms. The van der Waals surface area contributed by atoms with Gasteiger partial charge >= 0.3 is 5.97 Å². The maximum absolute atomic E-state index is 13.9. The van der Waals surface area contributed by atoms with E-state index in [9.17, 15) is 22.4 Å². The van der Waals surface area contributed by atoms with Crippen LogP contribution >= 0.6 is 0 Å². The van der Waals surface area contributed by atoms with Crippen LogP contribution in [0.15, 0.2) is 24.3 Å². The standard InChI is InChI=1S/C18H24FN3O5S/c19-15-3-1-2-4-16(15)21-5-7-22(8-6-21)17(23)14-27-18(24)13-20-9-11-28(25,26)12-10-20/h1-4H,5-14H2. The van der Waals surface area contributed by atoms with Gasteiger partial charge < -0.3 is 14.5 Å². The maximum atomic E-state index is 13.9. The lowest BCUT2D eigenvalue weighted by Crippen LogP contribution is -2.50. The van der Waals surface area contributed by atoms with Crippen LogP contribution < -0.4 is 4.90 Å². The molecule has 0 saturated carbocycles. The van der Waals surface area contributed by atoms with E-state index in [1.165, 1.54) is 6.07 Å². The van der Waals surface area contributed by atoms with Gasteiger partial charge in [0.15, 0.2) is 16.4 Å². The normalized spacial score (nSPS) is 20.0. The monoisotopic (exact) mass is 413 g/mol. The summed E-state index contributed by atoms with van der Waals surface area (Å²) < 4.78 is 41.7. The zero-order chi connectivity index (χ0) is 20.1. The van der Waals surface area contributed by atoms with Crippen molar-refractivity contribution in [1.82, 2.24) is 9.80 Å². The molecule has 1 aromatic carbocycles. The van der Waals surface area contributed by atoms with E-state index in [4.69, 9.17) is 4.74 Å². The number of sulfone groups is 1. The molecule has 1 amide bonds. The van der Waals surface area contributed by atoms with Crippen molar-refractivity contribution in [1.29, 1.82) is 0 Å². The summed E-state index contributed by atoms with van der Waals surface area (Å²) in [5, 5.41) is 0. The third kappa shape index (κ3) is 5.41. The van der Waals surface area contributed by atoms with Crippen molar-refractivity contribution in [3.8, 4) is 0 Å². The van der Waals surface area contributed by atoms with E-state index >= 15 is 0 Å². The van der Waals surface area contributed by atoms with Gasteiger partial charge in [-0.2, -0.15) is 0 Å². The number of nitrogens with zero attached hydrogens (tertiary/aromatic N) is 3. The molecule has 10 heteroatoms. The summed E-state index contributed by atoms with van der Waals surface area (Å²) in [5.74, 6) is -1.06. The van der Waals surface area contributed by atoms with Crippen LogP contribution in [0.2, 0.25) is 0 Å². The minimum absolute atomic E-state index is 0.0239. The molecule has 0 N–H and O–H groups in total. The van der Waals surface area contributed by atoms with E-state index in [0.29, 0.717) is 45.0 Å². The van der Waals surface area contributed by atoms with Crippen molar-refractivity contribution in [2.75, 3.05) is 68.8 Å². The molecule has 0 aromatic heterocycles. The lowest BCUT2D eigenvalue weighted by Gasteiger charge is -2.36. The third-order valence-corrected chi connectivity index (χ3v) is 6.58. The highest BCUT2D eigenvalue weighted by atomic mass is 32.2. The molecule has 2 saturated heterocycles. The first-order chi connectivity index (χ1) is 13.3. The third-order valence-electron chi connectivity index (χ3n) is 4.97. The number of halogens is 1. The van der Waals surface area contributed by atoms with Crippen molar-refractivity contribution in [2.45, 2.75) is 0 Å². The first kappa shape index (κ1) is 20.5. The molecule has 0 unspecified atom stereocenters. The Morgan fingerprint density at radius 2 is 1.64 bits per heavy atom. The Morgan fingerprint density at radius 1 is 1.00 bits per heavy atom. The number of hydrogen-bond acceptors (Lipinski definition) is 7. The summed E-state index contributed by atoms with van der Waals surface area (Å²) in [6.07, 6.45) is 0. The van der Waals surface area contributed by atoms with Crippen LogP contribution in [0, 0.1) is 5.82 Å². The highest BCUT2D eigenvalue weighted by molar-refractivity contribution is 7.91. The molecule has 28 heavy (non-hydrogen) atoms. The second-order valence-corrected chi connectivity index (χ2v) is 9.21. The van der Waals surface area contributed by atoms with Crippen molar-refractivity contribution < 1.29 is 27.1 Å². The zero-order valence-electron chi connectivity index (χ0n) is 15.5. The fourth-order valence-corrected chi connectivity index (χ4v) is 4.55. The van der Waals surface area contributed by atoms with Crippen molar-refractivity contribution in [2.24, 2.45) is 0 Å². The van der Waals surface area contributed by atoms with Crippen LogP contribution in [-0.4, -0.2) is 94.0 Å². The van der Waals surface area contributed by atoms with Crippen LogP contribution in [0.5, 0.6) is 0 Å². The second kappa shape index (κ2) is 8.87. The number of piperazine rings is 1. The Morgan fingerprint density at radius 3 is 2.29 bits per heavy atom. The van der Waals surface area contributed by atoms with Gasteiger partial charge in [0.2, 0.25) is 0 Å². The van der Waals surface area contributed by atoms with E-state index in [1.807, 2.05) is 4.90 Å². The van der Waals surface area contributed by atoms with Crippen molar-refractivity contribution >= 4 is 27.4 Å². The lowest BCUT2D eigenvalue weighted by atomic mass is 10.2. The Balaban J connectivity index is 1.39. The molecular weight excluding hydrogens is 389 g/mol. The molecule has 3 rings (SSSR count). The number of amides is 1. The van der Waals surface area contributed by atoms with Crippen LogP contribution in [0.4, 0.5) is 10.1 Å². The molecule has 2 heterocycles. The quantitative estimate of drug-likeness (QED) is 0.615. The summed E-state index contributed by atoms with van der Waals surface area (Å²) in [6, 6.07) is 6.52. The summed E-state index contributed by atoms with van der Waals surface area (Å²) in [7, 11) is -3.00. The van der Waals surface area contributed by atoms with Crippen molar-refractivity contribution in [3.63, 3.8) is 0 Å². The van der Waals surface area contributed by atoms with Gasteiger partial charge in [-0.15, -0.1) is 0 Å². The Hall–Kier alpha value is -2.20. The zero-order valence-corrected chi connectivity index (χ0v) is 16.4. The number of rotatable bonds is 5. The Labute approximate surface area is 163 Å². The molecule has 0 aliphatic carbocycles. The predicted molar refractivity (Wildman–Crippen MR) is 101 cm³/mol. The molecule has 2 aliphatic heterocycles. The fourth-order valence-electron chi connectivity index (χ4n) is 3.28. The van der Waals surface area contributed by atoms with Crippen LogP contribution in [0.25, 0.3) is 0 Å². The maximum Gasteiger partial charge on any atom is 0.320 e. The molecular formula is C18H24FN3O5S. The fraction of sp³-hybridized carbons (Fsp3) is 0.556. The summed E-state index contributed by atoms with van der Waals surface area (Å²) in [4.78, 5) is 29.3. The second-order valence-electron chi connectivity index (χ2n) is 6.91. The molecule has 154 valence electrons. The summed E-state index contributed by atoms with van der Waals surface area (Å²) >= 11 is 0. The van der Waals surface area contributed by atoms with Gasteiger partial charge in [0.1, 0.15) is 5.82 Å². The minimum Gasteiger partial charge on any atom is -0.455 e. The summed E-state index contributed by atoms with van der Waals surface area (Å²) in [6.45, 7) is 2.08. The lowest BCUT2D eigenvalue weighted by molar-refractivity contribution is -0.153. The van der Waals surface area contributed by atoms with Gasteiger partial charge in [-0.25, -0.2) is 12.8 Å². The van der Waals surface area contributed by atoms with Crippen molar-refractivity contribution in [3.05, 3.63) is 30.1 Å². The van der Waals surface area contributed by atoms with Gasteiger partial charge in [-0.3, -0.25) is 14.5 Å². The topological polar surface area (TPSA) is 87.2 Å². The molecule has 0 atom stereocenters. The van der Waals surface area contributed by atoms with E-state index in [1.54, 1.807) is 28.0 Å². The number of esters is 1. The number of hydrogen-bond donors (Lipinski definition) is 0. The van der Waals surface area contributed by atoms with E-state index in [2.05, 4.69) is 0 Å².